The van der Waals surface area contributed by atoms with E-state index >= 15 is 0 Å². The van der Waals surface area contributed by atoms with Crippen molar-refractivity contribution in [2.75, 3.05) is 0 Å². The quantitative estimate of drug-likeness (QED) is 0.320. The molecule has 0 radical (unpaired) electrons. The number of halogens is 1. The molecule has 2 aliphatic rings. The Morgan fingerprint density at radius 1 is 1.11 bits per heavy atom. The van der Waals surface area contributed by atoms with Crippen molar-refractivity contribution in [1.82, 2.24) is 0 Å². The van der Waals surface area contributed by atoms with Crippen LogP contribution in [0.25, 0.3) is 22.8 Å². The molecular formula is C26H25I. The van der Waals surface area contributed by atoms with Gasteiger partial charge >= 0.3 is 0 Å². The maximum atomic E-state index is 3.84. The van der Waals surface area contributed by atoms with Crippen molar-refractivity contribution >= 4 is 34.2 Å². The van der Waals surface area contributed by atoms with Gasteiger partial charge in [0.15, 0.2) is 0 Å². The summed E-state index contributed by atoms with van der Waals surface area (Å²) in [5.41, 5.74) is 11.3. The standard InChI is InChI=1S/C26H25I/c1-5-6-9-19-17(2)25(27)15-14-20(19)18-12-13-22-21-10-7-8-11-23(21)26(3,4)24(22)16-18/h5-6,8-9,11-16H,1,7,10H2,2-4H3/b9-6-. The zero-order chi connectivity index (χ0) is 19.2. The van der Waals surface area contributed by atoms with Crippen molar-refractivity contribution in [2.24, 2.45) is 0 Å². The molecule has 27 heavy (non-hydrogen) atoms. The molecule has 136 valence electrons. The normalized spacial score (nSPS) is 17.3. The fourth-order valence-electron chi connectivity index (χ4n) is 4.50. The second kappa shape index (κ2) is 6.94. The first-order valence-electron chi connectivity index (χ1n) is 9.59. The summed E-state index contributed by atoms with van der Waals surface area (Å²) >= 11 is 2.42. The van der Waals surface area contributed by atoms with Crippen LogP contribution in [-0.2, 0) is 5.41 Å². The van der Waals surface area contributed by atoms with Gasteiger partial charge in [-0.2, -0.15) is 0 Å². The number of benzene rings is 2. The molecule has 0 saturated heterocycles. The zero-order valence-corrected chi connectivity index (χ0v) is 18.4. The van der Waals surface area contributed by atoms with E-state index in [-0.39, 0.29) is 5.41 Å². The van der Waals surface area contributed by atoms with Gasteiger partial charge in [0.2, 0.25) is 0 Å². The van der Waals surface area contributed by atoms with Crippen LogP contribution in [0.4, 0.5) is 0 Å². The van der Waals surface area contributed by atoms with Gasteiger partial charge in [-0.1, -0.05) is 69.0 Å². The molecule has 2 aromatic carbocycles. The van der Waals surface area contributed by atoms with Gasteiger partial charge in [-0.15, -0.1) is 0 Å². The molecule has 0 unspecified atom stereocenters. The largest absolute Gasteiger partial charge is 0.0991 e. The minimum Gasteiger partial charge on any atom is -0.0991 e. The molecule has 4 rings (SSSR count). The first-order chi connectivity index (χ1) is 12.9. The average Bonchev–Trinajstić information content (AvgIpc) is 2.90. The number of fused-ring (bicyclic) bond motifs is 2. The lowest BCUT2D eigenvalue weighted by Gasteiger charge is -2.24. The zero-order valence-electron chi connectivity index (χ0n) is 16.3. The van der Waals surface area contributed by atoms with Crippen LogP contribution in [0.15, 0.2) is 66.8 Å². The lowest BCUT2D eigenvalue weighted by molar-refractivity contribution is 0.651. The Labute approximate surface area is 176 Å². The first kappa shape index (κ1) is 18.5. The molecule has 0 amide bonds. The van der Waals surface area contributed by atoms with E-state index in [1.54, 1.807) is 5.57 Å². The van der Waals surface area contributed by atoms with E-state index in [9.17, 15) is 0 Å². The molecule has 1 heteroatoms. The van der Waals surface area contributed by atoms with E-state index < -0.39 is 0 Å². The van der Waals surface area contributed by atoms with Gasteiger partial charge in [-0.25, -0.2) is 0 Å². The lowest BCUT2D eigenvalue weighted by Crippen LogP contribution is -2.16. The Hall–Kier alpha value is -1.87. The molecule has 0 N–H and O–H groups in total. The number of allylic oxidation sites excluding steroid dienone is 6. The molecular weight excluding hydrogens is 439 g/mol. The molecule has 2 aliphatic carbocycles. The molecule has 0 bridgehead atoms. The topological polar surface area (TPSA) is 0 Å². The van der Waals surface area contributed by atoms with Crippen LogP contribution in [0.3, 0.4) is 0 Å². The maximum Gasteiger partial charge on any atom is 0.0165 e. The van der Waals surface area contributed by atoms with Crippen LogP contribution < -0.4 is 0 Å². The van der Waals surface area contributed by atoms with Crippen molar-refractivity contribution < 1.29 is 0 Å². The number of hydrogen-bond acceptors (Lipinski definition) is 0. The Morgan fingerprint density at radius 2 is 1.89 bits per heavy atom. The van der Waals surface area contributed by atoms with Crippen molar-refractivity contribution in [1.29, 1.82) is 0 Å². The van der Waals surface area contributed by atoms with Crippen LogP contribution in [0, 0.1) is 10.5 Å². The lowest BCUT2D eigenvalue weighted by atomic mass is 9.79. The third-order valence-corrected chi connectivity index (χ3v) is 7.19. The minimum absolute atomic E-state index is 0.0764. The molecule has 2 aromatic rings. The van der Waals surface area contributed by atoms with Gasteiger partial charge in [-0.3, -0.25) is 0 Å². The van der Waals surface area contributed by atoms with Crippen LogP contribution >= 0.6 is 22.6 Å². The van der Waals surface area contributed by atoms with Crippen LogP contribution in [0.1, 0.15) is 48.9 Å². The highest BCUT2D eigenvalue weighted by Crippen LogP contribution is 2.50. The Bertz CT molecular complexity index is 1030. The van der Waals surface area contributed by atoms with Crippen molar-refractivity contribution in [3.8, 4) is 11.1 Å². The third kappa shape index (κ3) is 2.97. The summed E-state index contributed by atoms with van der Waals surface area (Å²) in [5, 5.41) is 0. The number of hydrogen-bond donors (Lipinski definition) is 0. The fraction of sp³-hybridized carbons (Fsp3) is 0.231. The molecule has 0 nitrogen and oxygen atoms in total. The second-order valence-corrected chi connectivity index (χ2v) is 9.11. The van der Waals surface area contributed by atoms with Crippen molar-refractivity contribution in [3.63, 3.8) is 0 Å². The average molecular weight is 464 g/mol. The Balaban J connectivity index is 1.89. The summed E-state index contributed by atoms with van der Waals surface area (Å²) in [7, 11) is 0. The van der Waals surface area contributed by atoms with E-state index in [4.69, 9.17) is 0 Å². The van der Waals surface area contributed by atoms with Crippen molar-refractivity contribution in [3.05, 3.63) is 92.6 Å². The highest BCUT2D eigenvalue weighted by molar-refractivity contribution is 14.1. The van der Waals surface area contributed by atoms with Gasteiger partial charge in [0, 0.05) is 8.99 Å². The van der Waals surface area contributed by atoms with Gasteiger partial charge in [0.1, 0.15) is 0 Å². The second-order valence-electron chi connectivity index (χ2n) is 7.95. The maximum absolute atomic E-state index is 3.84. The summed E-state index contributed by atoms with van der Waals surface area (Å²) in [5.74, 6) is 0. The SMILES string of the molecule is C=C/C=C\c1c(-c2ccc3c(c2)C(C)(C)C2=C3CCC=C2)ccc(I)c1C. The molecule has 0 saturated carbocycles. The van der Waals surface area contributed by atoms with E-state index in [0.717, 1.165) is 12.8 Å². The van der Waals surface area contributed by atoms with Crippen LogP contribution in [-0.4, -0.2) is 0 Å². The summed E-state index contributed by atoms with van der Waals surface area (Å²) in [6, 6.07) is 11.6. The highest BCUT2D eigenvalue weighted by Gasteiger charge is 2.37. The summed E-state index contributed by atoms with van der Waals surface area (Å²) in [6.45, 7) is 10.8. The van der Waals surface area contributed by atoms with Gasteiger partial charge in [0.25, 0.3) is 0 Å². The molecule has 0 aromatic heterocycles. The Morgan fingerprint density at radius 3 is 2.67 bits per heavy atom. The number of rotatable bonds is 3. The van der Waals surface area contributed by atoms with Gasteiger partial charge in [0.05, 0.1) is 0 Å². The van der Waals surface area contributed by atoms with Gasteiger partial charge in [-0.05, 0) is 99.0 Å². The van der Waals surface area contributed by atoms with E-state index in [1.165, 1.54) is 42.5 Å². The molecule has 0 fully saturated rings. The molecule has 0 aliphatic heterocycles. The molecule has 0 atom stereocenters. The van der Waals surface area contributed by atoms with Crippen molar-refractivity contribution in [2.45, 2.75) is 39.0 Å². The summed E-state index contributed by atoms with van der Waals surface area (Å²) < 4.78 is 1.30. The van der Waals surface area contributed by atoms with Gasteiger partial charge < -0.3 is 0 Å². The third-order valence-electron chi connectivity index (χ3n) is 6.02. The van der Waals surface area contributed by atoms with Crippen LogP contribution in [0.2, 0.25) is 0 Å². The monoisotopic (exact) mass is 464 g/mol. The molecule has 0 spiro atoms. The summed E-state index contributed by atoms with van der Waals surface area (Å²) in [6.07, 6.45) is 13.1. The first-order valence-corrected chi connectivity index (χ1v) is 10.7. The highest BCUT2D eigenvalue weighted by atomic mass is 127. The predicted molar refractivity (Wildman–Crippen MR) is 127 cm³/mol. The van der Waals surface area contributed by atoms with E-state index in [0.29, 0.717) is 0 Å². The van der Waals surface area contributed by atoms with E-state index in [1.807, 2.05) is 12.2 Å². The Kier molecular flexibility index (Phi) is 4.75. The van der Waals surface area contributed by atoms with Crippen LogP contribution in [0.5, 0.6) is 0 Å². The fourth-order valence-corrected chi connectivity index (χ4v) is 4.97. The summed E-state index contributed by atoms with van der Waals surface area (Å²) in [4.78, 5) is 0. The predicted octanol–water partition coefficient (Wildman–Crippen LogP) is 7.86. The smallest absolute Gasteiger partial charge is 0.0165 e. The minimum atomic E-state index is 0.0764. The molecule has 0 heterocycles. The van der Waals surface area contributed by atoms with E-state index in [2.05, 4.69) is 98.5 Å².